The molecule has 0 radical (unpaired) electrons. The van der Waals surface area contributed by atoms with Crippen molar-refractivity contribution in [3.63, 3.8) is 0 Å². The summed E-state index contributed by atoms with van der Waals surface area (Å²) in [6.07, 6.45) is 5.27. The monoisotopic (exact) mass is 304 g/mol. The van der Waals surface area contributed by atoms with Gasteiger partial charge in [0.1, 0.15) is 0 Å². The first-order valence-corrected chi connectivity index (χ1v) is 6.17. The van der Waals surface area contributed by atoms with Crippen LogP contribution in [0.1, 0.15) is 16.1 Å². The van der Waals surface area contributed by atoms with E-state index < -0.39 is 16.9 Å². The van der Waals surface area contributed by atoms with E-state index in [1.807, 2.05) is 0 Å². The highest BCUT2D eigenvalue weighted by atomic mass is 35.5. The third-order valence-electron chi connectivity index (χ3n) is 2.85. The van der Waals surface area contributed by atoms with Gasteiger partial charge in [0.15, 0.2) is 16.7 Å². The van der Waals surface area contributed by atoms with Crippen molar-refractivity contribution in [3.8, 4) is 23.5 Å². The molecule has 0 bridgehead atoms. The van der Waals surface area contributed by atoms with E-state index in [2.05, 4.69) is 15.6 Å². The molecule has 0 aliphatic heterocycles. The Bertz CT molecular complexity index is 752. The van der Waals surface area contributed by atoms with Crippen LogP contribution in [-0.2, 0) is 4.74 Å². The summed E-state index contributed by atoms with van der Waals surface area (Å²) in [5, 5.41) is -0.489. The van der Waals surface area contributed by atoms with Gasteiger partial charge >= 0.3 is 5.97 Å². The molecule has 0 saturated carbocycles. The van der Waals surface area contributed by atoms with Crippen LogP contribution in [0.15, 0.2) is 24.3 Å². The van der Waals surface area contributed by atoms with Crippen LogP contribution in [0, 0.1) is 18.2 Å². The summed E-state index contributed by atoms with van der Waals surface area (Å²) in [7, 11) is 1.18. The lowest BCUT2D eigenvalue weighted by Crippen LogP contribution is -2.11. The molecule has 1 aromatic heterocycles. The van der Waals surface area contributed by atoms with Gasteiger partial charge in [-0.15, -0.1) is 6.42 Å². The van der Waals surface area contributed by atoms with Crippen LogP contribution in [0.3, 0.4) is 0 Å². The molecule has 1 aromatic carbocycles. The molecule has 0 fully saturated rings. The second-order valence-corrected chi connectivity index (χ2v) is 4.43. The Hall–Kier alpha value is -2.58. The molecular weight excluding hydrogens is 295 g/mol. The summed E-state index contributed by atoms with van der Waals surface area (Å²) in [5.74, 6) is 0.803. The second kappa shape index (κ2) is 5.81. The summed E-state index contributed by atoms with van der Waals surface area (Å²) in [6.45, 7) is 0. The number of anilines is 1. The summed E-state index contributed by atoms with van der Waals surface area (Å²) >= 11 is 5.63. The number of carbonyl (C=O) groups excluding carboxylic acids is 1. The minimum Gasteiger partial charge on any atom is -0.464 e. The lowest BCUT2D eigenvalue weighted by molar-refractivity contribution is 0.0595. The number of aromatic nitrogens is 1. The fourth-order valence-corrected chi connectivity index (χ4v) is 2.01. The molecule has 2 aromatic rings. The number of hydrogen-bond acceptors (Lipinski definition) is 4. The molecule has 4 nitrogen and oxygen atoms in total. The van der Waals surface area contributed by atoms with Crippen LogP contribution in [0.25, 0.3) is 11.1 Å². The van der Waals surface area contributed by atoms with Crippen LogP contribution in [0.2, 0.25) is 5.15 Å². The van der Waals surface area contributed by atoms with Gasteiger partial charge in [-0.05, 0) is 17.7 Å². The van der Waals surface area contributed by atoms with Gasteiger partial charge in [0.2, 0.25) is 0 Å². The Kier molecular flexibility index (Phi) is 4.10. The highest BCUT2D eigenvalue weighted by Crippen LogP contribution is 2.34. The van der Waals surface area contributed by atoms with E-state index in [0.29, 0.717) is 11.1 Å². The lowest BCUT2D eigenvalue weighted by atomic mass is 10.0. The third-order valence-corrected chi connectivity index (χ3v) is 3.10. The SMILES string of the molecule is C#Cc1ccc(-c2c(C(=O)OC)nc(Cl)c(F)c2N)cc1. The molecule has 2 rings (SSSR count). The number of ether oxygens (including phenoxy) is 1. The molecule has 6 heteroatoms. The number of pyridine rings is 1. The zero-order valence-corrected chi connectivity index (χ0v) is 11.7. The molecule has 0 spiro atoms. The molecule has 21 heavy (non-hydrogen) atoms. The fraction of sp³-hybridized carbons (Fsp3) is 0.0667. The normalized spacial score (nSPS) is 10.0. The van der Waals surface area contributed by atoms with E-state index in [0.717, 1.165) is 0 Å². The zero-order valence-electron chi connectivity index (χ0n) is 11.0. The van der Waals surface area contributed by atoms with Crippen molar-refractivity contribution in [2.45, 2.75) is 0 Å². The Labute approximate surface area is 125 Å². The predicted octanol–water partition coefficient (Wildman–Crippen LogP) is 2.89. The van der Waals surface area contributed by atoms with E-state index in [-0.39, 0.29) is 16.9 Å². The molecule has 0 aliphatic rings. The van der Waals surface area contributed by atoms with Gasteiger partial charge < -0.3 is 10.5 Å². The van der Waals surface area contributed by atoms with Crippen molar-refractivity contribution < 1.29 is 13.9 Å². The van der Waals surface area contributed by atoms with E-state index in [4.69, 9.17) is 23.8 Å². The Morgan fingerprint density at radius 3 is 2.57 bits per heavy atom. The summed E-state index contributed by atoms with van der Waals surface area (Å²) in [5.41, 5.74) is 6.54. The van der Waals surface area contributed by atoms with Crippen LogP contribution in [-0.4, -0.2) is 18.1 Å². The quantitative estimate of drug-likeness (QED) is 0.526. The van der Waals surface area contributed by atoms with Crippen molar-refractivity contribution >= 4 is 23.3 Å². The zero-order chi connectivity index (χ0) is 15.6. The number of terminal acetylenes is 1. The number of nitrogens with zero attached hydrogens (tertiary/aromatic N) is 1. The molecule has 0 atom stereocenters. The van der Waals surface area contributed by atoms with E-state index in [1.54, 1.807) is 24.3 Å². The molecule has 106 valence electrons. The smallest absolute Gasteiger partial charge is 0.357 e. The number of carbonyl (C=O) groups is 1. The van der Waals surface area contributed by atoms with Crippen molar-refractivity contribution in [1.29, 1.82) is 0 Å². The minimum absolute atomic E-state index is 0.118. The number of rotatable bonds is 2. The number of esters is 1. The minimum atomic E-state index is -0.889. The highest BCUT2D eigenvalue weighted by Gasteiger charge is 2.23. The van der Waals surface area contributed by atoms with Crippen molar-refractivity contribution in [2.75, 3.05) is 12.8 Å². The molecular formula is C15H10ClFN2O2. The Morgan fingerprint density at radius 2 is 2.05 bits per heavy atom. The van der Waals surface area contributed by atoms with Crippen LogP contribution < -0.4 is 5.73 Å². The first-order valence-electron chi connectivity index (χ1n) is 5.79. The Balaban J connectivity index is 2.73. The molecule has 0 amide bonds. The van der Waals surface area contributed by atoms with E-state index >= 15 is 0 Å². The summed E-state index contributed by atoms with van der Waals surface area (Å²) in [6, 6.07) is 6.51. The number of halogens is 2. The van der Waals surface area contributed by atoms with Gasteiger partial charge in [0.05, 0.1) is 12.8 Å². The predicted molar refractivity (Wildman–Crippen MR) is 78.3 cm³/mol. The van der Waals surface area contributed by atoms with Crippen molar-refractivity contribution in [2.24, 2.45) is 0 Å². The number of methoxy groups -OCH3 is 1. The lowest BCUT2D eigenvalue weighted by Gasteiger charge is -2.12. The van der Waals surface area contributed by atoms with E-state index in [9.17, 15) is 9.18 Å². The van der Waals surface area contributed by atoms with Crippen LogP contribution in [0.5, 0.6) is 0 Å². The number of nitrogen functional groups attached to an aromatic ring is 1. The van der Waals surface area contributed by atoms with Crippen LogP contribution >= 0.6 is 11.6 Å². The van der Waals surface area contributed by atoms with Crippen molar-refractivity contribution in [3.05, 3.63) is 46.5 Å². The average molecular weight is 305 g/mol. The van der Waals surface area contributed by atoms with Gasteiger partial charge in [0.25, 0.3) is 0 Å². The largest absolute Gasteiger partial charge is 0.464 e. The standard InChI is InChI=1S/C15H10ClFN2O2/c1-3-8-4-6-9(7-5-8)10-12(18)11(17)14(16)19-13(10)15(20)21-2/h1,4-7H,2H3,(H2,18,19). The molecule has 0 saturated heterocycles. The van der Waals surface area contributed by atoms with Crippen LogP contribution in [0.4, 0.5) is 10.1 Å². The van der Waals surface area contributed by atoms with E-state index in [1.165, 1.54) is 7.11 Å². The average Bonchev–Trinajstić information content (AvgIpc) is 2.51. The van der Waals surface area contributed by atoms with Gasteiger partial charge in [-0.2, -0.15) is 0 Å². The first-order chi connectivity index (χ1) is 9.99. The maximum atomic E-state index is 13.9. The fourth-order valence-electron chi connectivity index (χ4n) is 1.82. The topological polar surface area (TPSA) is 65.2 Å². The highest BCUT2D eigenvalue weighted by molar-refractivity contribution is 6.30. The van der Waals surface area contributed by atoms with Gasteiger partial charge in [-0.25, -0.2) is 14.2 Å². The molecule has 2 N–H and O–H groups in total. The maximum Gasteiger partial charge on any atom is 0.357 e. The van der Waals surface area contributed by atoms with Gasteiger partial charge in [0, 0.05) is 11.1 Å². The van der Waals surface area contributed by atoms with Gasteiger partial charge in [-0.1, -0.05) is 29.7 Å². The number of benzene rings is 1. The van der Waals surface area contributed by atoms with Crippen molar-refractivity contribution in [1.82, 2.24) is 4.98 Å². The maximum absolute atomic E-state index is 13.9. The molecule has 0 aliphatic carbocycles. The number of nitrogens with two attached hydrogens (primary N) is 1. The Morgan fingerprint density at radius 1 is 1.43 bits per heavy atom. The molecule has 0 unspecified atom stereocenters. The number of hydrogen-bond donors (Lipinski definition) is 1. The molecule has 1 heterocycles. The third kappa shape index (κ3) is 2.67. The summed E-state index contributed by atoms with van der Waals surface area (Å²) in [4.78, 5) is 15.5. The summed E-state index contributed by atoms with van der Waals surface area (Å²) < 4.78 is 18.5. The second-order valence-electron chi connectivity index (χ2n) is 4.07. The first kappa shape index (κ1) is 14.8. The van der Waals surface area contributed by atoms with Gasteiger partial charge in [-0.3, -0.25) is 0 Å².